The predicted molar refractivity (Wildman–Crippen MR) is 87.6 cm³/mol. The van der Waals surface area contributed by atoms with E-state index in [1.165, 1.54) is 44.9 Å². The molecule has 3 rings (SSSR count). The molecule has 2 heteroatoms. The highest BCUT2D eigenvalue weighted by Crippen LogP contribution is 2.60. The van der Waals surface area contributed by atoms with E-state index in [0.29, 0.717) is 5.41 Å². The lowest BCUT2D eigenvalue weighted by Crippen LogP contribution is -2.50. The number of aliphatic hydroxyl groups is 1. The summed E-state index contributed by atoms with van der Waals surface area (Å²) in [5, 5.41) is 17.7. The van der Waals surface area contributed by atoms with Gasteiger partial charge >= 0.3 is 0 Å². The molecule has 120 valence electrons. The number of fused-ring (bicyclic) bond motifs is 3. The minimum Gasteiger partial charge on any atom is -0.393 e. The molecule has 0 radical (unpaired) electrons. The first-order valence-corrected chi connectivity index (χ1v) is 9.25. The average molecular weight is 291 g/mol. The summed E-state index contributed by atoms with van der Waals surface area (Å²) in [4.78, 5) is 0. The molecule has 3 aliphatic rings. The highest BCUT2D eigenvalue weighted by molar-refractivity contribution is 5.82. The molecule has 0 aromatic carbocycles. The smallest absolute Gasteiger partial charge is 0.0512 e. The predicted octanol–water partition coefficient (Wildman–Crippen LogP) is 4.80. The molecular formula is C19H33NO. The number of hydrogen-bond donors (Lipinski definition) is 2. The van der Waals surface area contributed by atoms with Gasteiger partial charge in [-0.15, -0.1) is 0 Å². The van der Waals surface area contributed by atoms with Crippen LogP contribution in [0.3, 0.4) is 0 Å². The van der Waals surface area contributed by atoms with Gasteiger partial charge in [0.1, 0.15) is 0 Å². The van der Waals surface area contributed by atoms with Crippen LogP contribution in [0.1, 0.15) is 78.1 Å². The van der Waals surface area contributed by atoms with Crippen LogP contribution in [0.5, 0.6) is 0 Å². The first-order valence-electron chi connectivity index (χ1n) is 9.25. The summed E-state index contributed by atoms with van der Waals surface area (Å²) in [6.45, 7) is 4.49. The number of rotatable bonds is 3. The van der Waals surface area contributed by atoms with Crippen molar-refractivity contribution in [3.63, 3.8) is 0 Å². The van der Waals surface area contributed by atoms with Gasteiger partial charge < -0.3 is 10.5 Å². The second-order valence-corrected chi connectivity index (χ2v) is 8.48. The number of hydrogen-bond acceptors (Lipinski definition) is 2. The van der Waals surface area contributed by atoms with Gasteiger partial charge in [-0.05, 0) is 87.4 Å². The van der Waals surface area contributed by atoms with Crippen molar-refractivity contribution in [1.82, 2.24) is 0 Å². The molecule has 6 atom stereocenters. The maximum atomic E-state index is 9.62. The Balaban J connectivity index is 1.73. The van der Waals surface area contributed by atoms with Crippen molar-refractivity contribution in [2.24, 2.45) is 29.1 Å². The van der Waals surface area contributed by atoms with Crippen molar-refractivity contribution in [2.45, 2.75) is 84.2 Å². The molecule has 3 aliphatic carbocycles. The van der Waals surface area contributed by atoms with Crippen molar-refractivity contribution < 1.29 is 5.11 Å². The first-order chi connectivity index (χ1) is 10.0. The van der Waals surface area contributed by atoms with Gasteiger partial charge in [-0.2, -0.15) is 0 Å². The molecule has 0 aromatic rings. The lowest BCUT2D eigenvalue weighted by molar-refractivity contribution is -0.0623. The Morgan fingerprint density at radius 1 is 1.29 bits per heavy atom. The van der Waals surface area contributed by atoms with Crippen molar-refractivity contribution in [3.8, 4) is 0 Å². The summed E-state index contributed by atoms with van der Waals surface area (Å²) in [5.41, 5.74) is 1.52. The maximum absolute atomic E-state index is 9.62. The van der Waals surface area contributed by atoms with Crippen LogP contribution in [0.4, 0.5) is 0 Å². The van der Waals surface area contributed by atoms with Crippen LogP contribution in [-0.4, -0.2) is 16.9 Å². The van der Waals surface area contributed by atoms with Gasteiger partial charge in [0.05, 0.1) is 6.10 Å². The van der Waals surface area contributed by atoms with E-state index in [1.807, 2.05) is 6.92 Å². The van der Waals surface area contributed by atoms with Crippen LogP contribution in [0.25, 0.3) is 0 Å². The molecule has 0 heterocycles. The summed E-state index contributed by atoms with van der Waals surface area (Å²) in [7, 11) is 0. The summed E-state index contributed by atoms with van der Waals surface area (Å²) < 4.78 is 0. The van der Waals surface area contributed by atoms with Crippen molar-refractivity contribution in [2.75, 3.05) is 0 Å². The van der Waals surface area contributed by atoms with E-state index >= 15 is 0 Å². The normalized spacial score (nSPS) is 44.8. The third-order valence-corrected chi connectivity index (χ3v) is 7.25. The van der Waals surface area contributed by atoms with Crippen molar-refractivity contribution in [1.29, 1.82) is 5.41 Å². The zero-order valence-electron chi connectivity index (χ0n) is 13.9. The molecule has 21 heavy (non-hydrogen) atoms. The largest absolute Gasteiger partial charge is 0.393 e. The Kier molecular flexibility index (Phi) is 4.45. The van der Waals surface area contributed by atoms with Crippen LogP contribution in [0.15, 0.2) is 0 Å². The van der Waals surface area contributed by atoms with Gasteiger partial charge in [-0.25, -0.2) is 0 Å². The molecular weight excluding hydrogens is 258 g/mol. The molecule has 0 saturated heterocycles. The van der Waals surface area contributed by atoms with Crippen LogP contribution in [-0.2, 0) is 0 Å². The minimum absolute atomic E-state index is 0.132. The van der Waals surface area contributed by atoms with Crippen LogP contribution in [0.2, 0.25) is 0 Å². The molecule has 0 aliphatic heterocycles. The number of aliphatic hydroxyl groups excluding tert-OH is 1. The highest BCUT2D eigenvalue weighted by Gasteiger charge is 2.52. The van der Waals surface area contributed by atoms with Gasteiger partial charge in [0.2, 0.25) is 0 Å². The zero-order valence-corrected chi connectivity index (χ0v) is 13.9. The van der Waals surface area contributed by atoms with Crippen LogP contribution < -0.4 is 0 Å². The number of nitrogens with one attached hydrogen (secondary N) is 1. The molecule has 0 aromatic heterocycles. The van der Waals surface area contributed by atoms with Crippen LogP contribution >= 0.6 is 0 Å². The van der Waals surface area contributed by atoms with Crippen LogP contribution in [0, 0.1) is 34.5 Å². The fourth-order valence-corrected chi connectivity index (χ4v) is 6.00. The second-order valence-electron chi connectivity index (χ2n) is 8.48. The topological polar surface area (TPSA) is 44.1 Å². The molecule has 0 amide bonds. The Hall–Kier alpha value is -0.370. The summed E-state index contributed by atoms with van der Waals surface area (Å²) >= 11 is 0. The minimum atomic E-state index is -0.132. The molecule has 3 fully saturated rings. The lowest BCUT2D eigenvalue weighted by atomic mass is 9.48. The van der Waals surface area contributed by atoms with E-state index in [2.05, 4.69) is 6.92 Å². The van der Waals surface area contributed by atoms with Crippen molar-refractivity contribution in [3.05, 3.63) is 0 Å². The zero-order chi connectivity index (χ0) is 15.0. The van der Waals surface area contributed by atoms with E-state index in [0.717, 1.165) is 48.6 Å². The molecule has 0 spiro atoms. The monoisotopic (exact) mass is 291 g/mol. The van der Waals surface area contributed by atoms with Gasteiger partial charge in [0.25, 0.3) is 0 Å². The summed E-state index contributed by atoms with van der Waals surface area (Å²) in [5.74, 6) is 3.45. The van der Waals surface area contributed by atoms with Gasteiger partial charge in [0.15, 0.2) is 0 Å². The highest BCUT2D eigenvalue weighted by atomic mass is 16.3. The SMILES string of the molecule is CC(O)CCC1CCCC2C1CCC1CC(=N)CC[C@@]12C. The van der Waals surface area contributed by atoms with E-state index in [-0.39, 0.29) is 6.10 Å². The fourth-order valence-electron chi connectivity index (χ4n) is 6.00. The van der Waals surface area contributed by atoms with E-state index in [1.54, 1.807) is 0 Å². The average Bonchev–Trinajstić information content (AvgIpc) is 2.46. The van der Waals surface area contributed by atoms with Crippen molar-refractivity contribution >= 4 is 5.71 Å². The van der Waals surface area contributed by atoms with Gasteiger partial charge in [0, 0.05) is 5.71 Å². The van der Waals surface area contributed by atoms with Gasteiger partial charge in [-0.3, -0.25) is 0 Å². The van der Waals surface area contributed by atoms with E-state index < -0.39 is 0 Å². The van der Waals surface area contributed by atoms with Gasteiger partial charge in [-0.1, -0.05) is 19.8 Å². The fraction of sp³-hybridized carbons (Fsp3) is 0.947. The molecule has 0 bridgehead atoms. The quantitative estimate of drug-likeness (QED) is 0.770. The second kappa shape index (κ2) is 6.02. The summed E-state index contributed by atoms with van der Waals surface area (Å²) in [6.07, 6.45) is 12.4. The van der Waals surface area contributed by atoms with E-state index in [4.69, 9.17) is 5.41 Å². The Labute approximate surface area is 130 Å². The third kappa shape index (κ3) is 2.93. The third-order valence-electron chi connectivity index (χ3n) is 7.25. The molecule has 2 N–H and O–H groups in total. The lowest BCUT2D eigenvalue weighted by Gasteiger charge is -2.57. The Bertz CT molecular complexity index is 391. The first kappa shape index (κ1) is 15.5. The molecule has 2 nitrogen and oxygen atoms in total. The molecule has 3 saturated carbocycles. The molecule has 5 unspecified atom stereocenters. The Morgan fingerprint density at radius 3 is 2.86 bits per heavy atom. The summed E-state index contributed by atoms with van der Waals surface area (Å²) in [6, 6.07) is 0. The standard InChI is InChI=1S/C19H33NO/c1-13(21)6-7-14-4-3-5-18-17(14)9-8-15-12-16(20)10-11-19(15,18)2/h13-15,17-18,20-21H,3-12H2,1-2H3/t13?,14?,15?,17?,18?,19-/m0/s1. The Morgan fingerprint density at radius 2 is 2.10 bits per heavy atom. The maximum Gasteiger partial charge on any atom is 0.0512 e. The van der Waals surface area contributed by atoms with E-state index in [9.17, 15) is 5.11 Å².